The van der Waals surface area contributed by atoms with Gasteiger partial charge in [-0.05, 0) is 16.7 Å². The number of carbonyl (C=O) groups excluding carboxylic acids is 1. The summed E-state index contributed by atoms with van der Waals surface area (Å²) in [5.41, 5.74) is 1.33. The zero-order chi connectivity index (χ0) is 22.6. The van der Waals surface area contributed by atoms with E-state index in [1.165, 1.54) is 12.5 Å². The van der Waals surface area contributed by atoms with E-state index < -0.39 is 23.5 Å². The van der Waals surface area contributed by atoms with Gasteiger partial charge in [-0.15, -0.1) is 0 Å². The van der Waals surface area contributed by atoms with Crippen LogP contribution < -0.4 is 5.32 Å². The molecule has 32 heavy (non-hydrogen) atoms. The number of hydrogen-bond acceptors (Lipinski definition) is 2. The highest BCUT2D eigenvalue weighted by Crippen LogP contribution is 2.48. The molecule has 4 aromatic rings. The molecule has 0 bridgehead atoms. The summed E-state index contributed by atoms with van der Waals surface area (Å²) in [7, 11) is 0. The summed E-state index contributed by atoms with van der Waals surface area (Å²) in [5.74, 6) is -2.02. The number of halogens is 3. The maximum atomic E-state index is 13.4. The van der Waals surface area contributed by atoms with Crippen LogP contribution in [-0.2, 0) is 10.2 Å². The minimum Gasteiger partial charge on any atom is -0.347 e. The van der Waals surface area contributed by atoms with Crippen LogP contribution in [0.5, 0.6) is 0 Å². The monoisotopic (exact) mass is 435 g/mol. The molecule has 1 heterocycles. The molecule has 2 N–H and O–H groups in total. The topological polar surface area (TPSA) is 57.8 Å². The highest BCUT2D eigenvalue weighted by molar-refractivity contribution is 5.82. The third-order valence-corrected chi connectivity index (χ3v) is 5.48. The van der Waals surface area contributed by atoms with E-state index in [1.54, 1.807) is 0 Å². The van der Waals surface area contributed by atoms with Gasteiger partial charge < -0.3 is 10.3 Å². The normalized spacial score (nSPS) is 12.8. The van der Waals surface area contributed by atoms with Crippen molar-refractivity contribution < 1.29 is 18.0 Å². The number of alkyl halides is 3. The van der Waals surface area contributed by atoms with Crippen molar-refractivity contribution in [1.29, 1.82) is 0 Å². The van der Waals surface area contributed by atoms with Crippen LogP contribution >= 0.6 is 0 Å². The molecule has 0 radical (unpaired) electrons. The van der Waals surface area contributed by atoms with E-state index in [-0.39, 0.29) is 0 Å². The quantitative estimate of drug-likeness (QED) is 0.411. The molecule has 1 atom stereocenters. The van der Waals surface area contributed by atoms with Crippen LogP contribution in [0, 0.1) is 0 Å². The second-order valence-corrected chi connectivity index (χ2v) is 7.32. The number of aromatic nitrogens is 2. The highest BCUT2D eigenvalue weighted by atomic mass is 19.4. The van der Waals surface area contributed by atoms with Crippen molar-refractivity contribution in [3.8, 4) is 0 Å². The largest absolute Gasteiger partial charge is 0.471 e. The van der Waals surface area contributed by atoms with Crippen molar-refractivity contribution >= 4 is 5.91 Å². The Morgan fingerprint density at radius 1 is 0.781 bits per heavy atom. The van der Waals surface area contributed by atoms with E-state index in [4.69, 9.17) is 0 Å². The molecule has 0 aliphatic heterocycles. The second-order valence-electron chi connectivity index (χ2n) is 7.32. The third-order valence-electron chi connectivity index (χ3n) is 5.48. The fourth-order valence-corrected chi connectivity index (χ4v) is 4.16. The van der Waals surface area contributed by atoms with Crippen LogP contribution in [-0.4, -0.2) is 22.1 Å². The molecule has 4 nitrogen and oxygen atoms in total. The number of benzene rings is 3. The number of rotatable bonds is 6. The van der Waals surface area contributed by atoms with Crippen LogP contribution in [0.4, 0.5) is 13.2 Å². The Balaban J connectivity index is 2.08. The van der Waals surface area contributed by atoms with Crippen LogP contribution in [0.15, 0.2) is 104 Å². The fraction of sp³-hybridized carbons (Fsp3) is 0.120. The van der Waals surface area contributed by atoms with Gasteiger partial charge in [0.25, 0.3) is 0 Å². The number of aromatic amines is 1. The van der Waals surface area contributed by atoms with Crippen molar-refractivity contribution in [2.75, 3.05) is 0 Å². The standard InChI is InChI=1S/C25H20F3N3O/c26-25(27,28)23(32)31-22(21-16-29-17-30-21)24(18-10-4-1-5-11-18,19-12-6-2-7-13-19)20-14-8-3-9-15-20/h1-17,22H,(H,29,30)(H,31,32). The average molecular weight is 435 g/mol. The van der Waals surface area contributed by atoms with Crippen molar-refractivity contribution in [1.82, 2.24) is 15.3 Å². The maximum absolute atomic E-state index is 13.4. The maximum Gasteiger partial charge on any atom is 0.471 e. The summed E-state index contributed by atoms with van der Waals surface area (Å²) in [6, 6.07) is 26.4. The van der Waals surface area contributed by atoms with Crippen molar-refractivity contribution in [3.63, 3.8) is 0 Å². The molecule has 4 rings (SSSR count). The summed E-state index contributed by atoms with van der Waals surface area (Å²) in [4.78, 5) is 19.2. The molecule has 0 spiro atoms. The van der Waals surface area contributed by atoms with Crippen molar-refractivity contribution in [2.45, 2.75) is 17.6 Å². The predicted molar refractivity (Wildman–Crippen MR) is 115 cm³/mol. The molecule has 7 heteroatoms. The van der Waals surface area contributed by atoms with E-state index in [0.717, 1.165) is 16.7 Å². The van der Waals surface area contributed by atoms with Gasteiger partial charge in [0.1, 0.15) is 0 Å². The lowest BCUT2D eigenvalue weighted by molar-refractivity contribution is -0.174. The Labute approximate surface area is 183 Å². The predicted octanol–water partition coefficient (Wildman–Crippen LogP) is 5.16. The van der Waals surface area contributed by atoms with E-state index in [2.05, 4.69) is 15.3 Å². The molecule has 1 amide bonds. The number of hydrogen-bond donors (Lipinski definition) is 2. The Bertz CT molecular complexity index is 1050. The molecule has 3 aromatic carbocycles. The number of nitrogens with zero attached hydrogens (tertiary/aromatic N) is 1. The number of nitrogens with one attached hydrogen (secondary N) is 2. The van der Waals surface area contributed by atoms with Crippen LogP contribution in [0.3, 0.4) is 0 Å². The molecule has 1 unspecified atom stereocenters. The minimum absolute atomic E-state index is 0.346. The lowest BCUT2D eigenvalue weighted by Crippen LogP contribution is -2.49. The lowest BCUT2D eigenvalue weighted by atomic mass is 9.64. The molecular weight excluding hydrogens is 415 g/mol. The summed E-state index contributed by atoms with van der Waals surface area (Å²) >= 11 is 0. The summed E-state index contributed by atoms with van der Waals surface area (Å²) in [6.07, 6.45) is -2.23. The van der Waals surface area contributed by atoms with Crippen LogP contribution in [0.1, 0.15) is 28.4 Å². The molecule has 162 valence electrons. The first-order valence-corrected chi connectivity index (χ1v) is 9.96. The summed E-state index contributed by atoms with van der Waals surface area (Å²) < 4.78 is 40.2. The van der Waals surface area contributed by atoms with E-state index in [0.29, 0.717) is 5.69 Å². The van der Waals surface area contributed by atoms with Crippen molar-refractivity contribution in [2.24, 2.45) is 0 Å². The molecular formula is C25H20F3N3O. The van der Waals surface area contributed by atoms with Crippen LogP contribution in [0.25, 0.3) is 0 Å². The average Bonchev–Trinajstić information content (AvgIpc) is 3.35. The third kappa shape index (κ3) is 3.89. The highest BCUT2D eigenvalue weighted by Gasteiger charge is 2.49. The van der Waals surface area contributed by atoms with Gasteiger partial charge in [-0.2, -0.15) is 13.2 Å². The Hall–Kier alpha value is -3.87. The zero-order valence-electron chi connectivity index (χ0n) is 16.9. The number of carbonyl (C=O) groups is 1. The van der Waals surface area contributed by atoms with Crippen LogP contribution in [0.2, 0.25) is 0 Å². The molecule has 0 saturated heterocycles. The van der Waals surface area contributed by atoms with Gasteiger partial charge in [-0.25, -0.2) is 4.98 Å². The smallest absolute Gasteiger partial charge is 0.347 e. The summed E-state index contributed by atoms with van der Waals surface area (Å²) in [5, 5.41) is 2.26. The van der Waals surface area contributed by atoms with Gasteiger partial charge in [-0.3, -0.25) is 4.79 Å². The van der Waals surface area contributed by atoms with Gasteiger partial charge in [-0.1, -0.05) is 91.0 Å². The van der Waals surface area contributed by atoms with E-state index in [1.807, 2.05) is 91.0 Å². The molecule has 0 fully saturated rings. The Morgan fingerprint density at radius 2 is 1.22 bits per heavy atom. The first-order valence-electron chi connectivity index (χ1n) is 9.96. The molecule has 0 aliphatic rings. The lowest BCUT2D eigenvalue weighted by Gasteiger charge is -2.42. The number of imidazole rings is 1. The zero-order valence-corrected chi connectivity index (χ0v) is 16.9. The van der Waals surface area contributed by atoms with Gasteiger partial charge in [0.05, 0.1) is 29.7 Å². The van der Waals surface area contributed by atoms with Gasteiger partial charge in [0.2, 0.25) is 0 Å². The SMILES string of the molecule is O=C(NC(c1cnc[nH]1)C(c1ccccc1)(c1ccccc1)c1ccccc1)C(F)(F)F. The second kappa shape index (κ2) is 8.70. The summed E-state index contributed by atoms with van der Waals surface area (Å²) in [6.45, 7) is 0. The molecule has 0 saturated carbocycles. The first kappa shape index (κ1) is 21.4. The minimum atomic E-state index is -5.05. The Kier molecular flexibility index (Phi) is 5.81. The fourth-order valence-electron chi connectivity index (χ4n) is 4.16. The molecule has 0 aliphatic carbocycles. The van der Waals surface area contributed by atoms with Gasteiger partial charge in [0.15, 0.2) is 0 Å². The molecule has 1 aromatic heterocycles. The van der Waals surface area contributed by atoms with E-state index >= 15 is 0 Å². The van der Waals surface area contributed by atoms with Gasteiger partial charge >= 0.3 is 12.1 Å². The number of amides is 1. The van der Waals surface area contributed by atoms with Gasteiger partial charge in [0, 0.05) is 0 Å². The van der Waals surface area contributed by atoms with E-state index in [9.17, 15) is 18.0 Å². The Morgan fingerprint density at radius 3 is 1.56 bits per heavy atom. The van der Waals surface area contributed by atoms with Crippen molar-refractivity contribution in [3.05, 3.63) is 126 Å². The number of H-pyrrole nitrogens is 1. The first-order chi connectivity index (χ1) is 15.4.